The second-order valence-electron chi connectivity index (χ2n) is 2.90. The van der Waals surface area contributed by atoms with E-state index in [2.05, 4.69) is 6.92 Å². The lowest BCUT2D eigenvalue weighted by atomic mass is 10.2. The standard InChI is InChI=1S/C10H14FNS/c1-2-5-13-7-8-6-9(11)3-4-10(8)12/h3-4,6H,2,5,7,12H2,1H3. The van der Waals surface area contributed by atoms with Gasteiger partial charge in [0, 0.05) is 11.4 Å². The van der Waals surface area contributed by atoms with E-state index >= 15 is 0 Å². The summed E-state index contributed by atoms with van der Waals surface area (Å²) in [6, 6.07) is 4.53. The van der Waals surface area contributed by atoms with Crippen molar-refractivity contribution in [3.8, 4) is 0 Å². The van der Waals surface area contributed by atoms with Gasteiger partial charge in [-0.05, 0) is 35.9 Å². The first-order chi connectivity index (χ1) is 6.24. The van der Waals surface area contributed by atoms with E-state index < -0.39 is 0 Å². The van der Waals surface area contributed by atoms with Crippen molar-refractivity contribution in [3.05, 3.63) is 29.6 Å². The molecule has 0 amide bonds. The lowest BCUT2D eigenvalue weighted by molar-refractivity contribution is 0.627. The molecule has 0 heterocycles. The average molecular weight is 199 g/mol. The monoisotopic (exact) mass is 199 g/mol. The van der Waals surface area contributed by atoms with Gasteiger partial charge in [0.1, 0.15) is 5.82 Å². The van der Waals surface area contributed by atoms with Crippen LogP contribution >= 0.6 is 11.8 Å². The molecule has 1 aromatic carbocycles. The minimum absolute atomic E-state index is 0.207. The third kappa shape index (κ3) is 3.27. The van der Waals surface area contributed by atoms with Crippen molar-refractivity contribution in [1.82, 2.24) is 0 Å². The molecule has 1 aromatic rings. The molecule has 0 aromatic heterocycles. The summed E-state index contributed by atoms with van der Waals surface area (Å²) < 4.78 is 12.8. The molecule has 0 saturated heterocycles. The Morgan fingerprint density at radius 2 is 2.23 bits per heavy atom. The zero-order chi connectivity index (χ0) is 9.68. The fourth-order valence-corrected chi connectivity index (χ4v) is 1.93. The lowest BCUT2D eigenvalue weighted by Gasteiger charge is -2.04. The number of nitrogens with two attached hydrogens (primary N) is 1. The van der Waals surface area contributed by atoms with Crippen LogP contribution in [0.15, 0.2) is 18.2 Å². The van der Waals surface area contributed by atoms with Crippen molar-refractivity contribution in [3.63, 3.8) is 0 Å². The first-order valence-electron chi connectivity index (χ1n) is 4.35. The molecule has 3 heteroatoms. The molecule has 1 nitrogen and oxygen atoms in total. The van der Waals surface area contributed by atoms with E-state index in [1.165, 1.54) is 12.1 Å². The van der Waals surface area contributed by atoms with Crippen LogP contribution in [0, 0.1) is 5.82 Å². The van der Waals surface area contributed by atoms with Crippen LogP contribution in [0.1, 0.15) is 18.9 Å². The van der Waals surface area contributed by atoms with E-state index in [4.69, 9.17) is 5.73 Å². The number of halogens is 1. The van der Waals surface area contributed by atoms with Gasteiger partial charge in [-0.3, -0.25) is 0 Å². The first-order valence-corrected chi connectivity index (χ1v) is 5.51. The molecule has 0 bridgehead atoms. The molecule has 0 unspecified atom stereocenters. The molecule has 0 aliphatic heterocycles. The van der Waals surface area contributed by atoms with E-state index in [0.29, 0.717) is 5.69 Å². The Kier molecular flexibility index (Phi) is 4.09. The highest BCUT2D eigenvalue weighted by molar-refractivity contribution is 7.98. The highest BCUT2D eigenvalue weighted by Gasteiger charge is 2.00. The minimum atomic E-state index is -0.207. The molecule has 0 radical (unpaired) electrons. The predicted molar refractivity (Wildman–Crippen MR) is 57.3 cm³/mol. The van der Waals surface area contributed by atoms with Crippen LogP contribution in [0.4, 0.5) is 10.1 Å². The summed E-state index contributed by atoms with van der Waals surface area (Å²) >= 11 is 1.78. The highest BCUT2D eigenvalue weighted by Crippen LogP contribution is 2.19. The minimum Gasteiger partial charge on any atom is -0.398 e. The summed E-state index contributed by atoms with van der Waals surface area (Å²) in [6.45, 7) is 2.13. The number of hydrogen-bond donors (Lipinski definition) is 1. The van der Waals surface area contributed by atoms with E-state index in [-0.39, 0.29) is 5.82 Å². The van der Waals surface area contributed by atoms with Gasteiger partial charge in [-0.25, -0.2) is 4.39 Å². The van der Waals surface area contributed by atoms with Gasteiger partial charge in [0.2, 0.25) is 0 Å². The number of rotatable bonds is 4. The normalized spacial score (nSPS) is 10.3. The van der Waals surface area contributed by atoms with Gasteiger partial charge in [0.15, 0.2) is 0 Å². The molecule has 2 N–H and O–H groups in total. The van der Waals surface area contributed by atoms with Crippen molar-refractivity contribution >= 4 is 17.4 Å². The Bertz CT molecular complexity index is 276. The van der Waals surface area contributed by atoms with Gasteiger partial charge in [0.25, 0.3) is 0 Å². The highest BCUT2D eigenvalue weighted by atomic mass is 32.2. The van der Waals surface area contributed by atoms with Crippen LogP contribution in [0.5, 0.6) is 0 Å². The smallest absolute Gasteiger partial charge is 0.123 e. The van der Waals surface area contributed by atoms with E-state index in [1.54, 1.807) is 17.8 Å². The number of benzene rings is 1. The largest absolute Gasteiger partial charge is 0.398 e. The van der Waals surface area contributed by atoms with Crippen molar-refractivity contribution in [2.75, 3.05) is 11.5 Å². The summed E-state index contributed by atoms with van der Waals surface area (Å²) in [6.07, 6.45) is 1.14. The van der Waals surface area contributed by atoms with Crippen LogP contribution in [0.25, 0.3) is 0 Å². The molecule has 0 aliphatic carbocycles. The van der Waals surface area contributed by atoms with Gasteiger partial charge < -0.3 is 5.73 Å². The van der Waals surface area contributed by atoms with Crippen molar-refractivity contribution < 1.29 is 4.39 Å². The summed E-state index contributed by atoms with van der Waals surface area (Å²) in [7, 11) is 0. The Morgan fingerprint density at radius 3 is 2.92 bits per heavy atom. The third-order valence-electron chi connectivity index (χ3n) is 1.71. The first kappa shape index (κ1) is 10.4. The number of anilines is 1. The maximum atomic E-state index is 12.8. The number of hydrogen-bond acceptors (Lipinski definition) is 2. The summed E-state index contributed by atoms with van der Waals surface area (Å²) in [5.41, 5.74) is 7.28. The summed E-state index contributed by atoms with van der Waals surface area (Å²) in [5.74, 6) is 1.69. The molecular weight excluding hydrogens is 185 g/mol. The zero-order valence-electron chi connectivity index (χ0n) is 7.72. The maximum absolute atomic E-state index is 12.8. The Labute approximate surface area is 82.5 Å². The molecule has 0 aliphatic rings. The van der Waals surface area contributed by atoms with Crippen LogP contribution in [0.2, 0.25) is 0 Å². The molecule has 13 heavy (non-hydrogen) atoms. The molecular formula is C10H14FNS. The molecule has 72 valence electrons. The summed E-state index contributed by atoms with van der Waals surface area (Å²) in [5, 5.41) is 0. The van der Waals surface area contributed by atoms with Crippen molar-refractivity contribution in [2.24, 2.45) is 0 Å². The molecule has 0 fully saturated rings. The van der Waals surface area contributed by atoms with E-state index in [0.717, 1.165) is 23.5 Å². The fraction of sp³-hybridized carbons (Fsp3) is 0.400. The van der Waals surface area contributed by atoms with Crippen LogP contribution < -0.4 is 5.73 Å². The lowest BCUT2D eigenvalue weighted by Crippen LogP contribution is -1.93. The van der Waals surface area contributed by atoms with Crippen LogP contribution in [-0.4, -0.2) is 5.75 Å². The van der Waals surface area contributed by atoms with Crippen LogP contribution in [-0.2, 0) is 5.75 Å². The SMILES string of the molecule is CCCSCc1cc(F)ccc1N. The quantitative estimate of drug-likeness (QED) is 0.595. The predicted octanol–water partition coefficient (Wildman–Crippen LogP) is 3.05. The second kappa shape index (κ2) is 5.12. The van der Waals surface area contributed by atoms with Crippen molar-refractivity contribution in [1.29, 1.82) is 0 Å². The number of thioether (sulfide) groups is 1. The number of nitrogen functional groups attached to an aromatic ring is 1. The fourth-order valence-electron chi connectivity index (χ4n) is 1.03. The topological polar surface area (TPSA) is 26.0 Å². The van der Waals surface area contributed by atoms with E-state index in [1.807, 2.05) is 0 Å². The second-order valence-corrected chi connectivity index (χ2v) is 4.00. The average Bonchev–Trinajstić information content (AvgIpc) is 2.11. The van der Waals surface area contributed by atoms with E-state index in [9.17, 15) is 4.39 Å². The Hall–Kier alpha value is -0.700. The maximum Gasteiger partial charge on any atom is 0.123 e. The zero-order valence-corrected chi connectivity index (χ0v) is 8.53. The molecule has 0 spiro atoms. The van der Waals surface area contributed by atoms with Gasteiger partial charge in [0.05, 0.1) is 0 Å². The Morgan fingerprint density at radius 1 is 1.46 bits per heavy atom. The summed E-state index contributed by atoms with van der Waals surface area (Å²) in [4.78, 5) is 0. The van der Waals surface area contributed by atoms with Gasteiger partial charge in [-0.15, -0.1) is 0 Å². The van der Waals surface area contributed by atoms with Gasteiger partial charge >= 0.3 is 0 Å². The van der Waals surface area contributed by atoms with Gasteiger partial charge in [-0.2, -0.15) is 11.8 Å². The molecule has 0 atom stereocenters. The third-order valence-corrected chi connectivity index (χ3v) is 2.92. The Balaban J connectivity index is 2.59. The van der Waals surface area contributed by atoms with Crippen LogP contribution in [0.3, 0.4) is 0 Å². The van der Waals surface area contributed by atoms with Gasteiger partial charge in [-0.1, -0.05) is 6.92 Å². The van der Waals surface area contributed by atoms with Crippen molar-refractivity contribution in [2.45, 2.75) is 19.1 Å². The molecule has 1 rings (SSSR count). The molecule has 0 saturated carbocycles.